The van der Waals surface area contributed by atoms with Gasteiger partial charge < -0.3 is 14.6 Å². The Hall–Kier alpha value is -2.28. The number of carbonyl (C=O) groups is 1. The Morgan fingerprint density at radius 3 is 2.25 bits per heavy atom. The van der Waals surface area contributed by atoms with Crippen LogP contribution in [0.1, 0.15) is 33.3 Å². The predicted octanol–water partition coefficient (Wildman–Crippen LogP) is 3.08. The molecule has 0 amide bonds. The number of alkyl halides is 3. The van der Waals surface area contributed by atoms with Crippen molar-refractivity contribution in [2.45, 2.75) is 12.3 Å². The molecule has 1 aromatic carbocycles. The van der Waals surface area contributed by atoms with Gasteiger partial charge in [-0.15, -0.1) is 0 Å². The Labute approximate surface area is 111 Å². The van der Waals surface area contributed by atoms with E-state index in [-0.39, 0.29) is 16.9 Å². The van der Waals surface area contributed by atoms with Gasteiger partial charge in [0.25, 0.3) is 0 Å². The summed E-state index contributed by atoms with van der Waals surface area (Å²) in [4.78, 5) is 10.9. The Kier molecular flexibility index (Phi) is 3.54. The third-order valence-corrected chi connectivity index (χ3v) is 2.73. The lowest BCUT2D eigenvalue weighted by molar-refractivity contribution is -0.137. The number of rotatable bonds is 3. The molecule has 0 saturated heterocycles. The van der Waals surface area contributed by atoms with Crippen molar-refractivity contribution >= 4 is 5.97 Å². The first-order valence-corrected chi connectivity index (χ1v) is 5.46. The maximum Gasteiger partial charge on any atom is 0.416 e. The fourth-order valence-corrected chi connectivity index (χ4v) is 1.72. The molecule has 0 aliphatic rings. The van der Waals surface area contributed by atoms with Crippen LogP contribution in [0, 0.1) is 0 Å². The third kappa shape index (κ3) is 2.67. The van der Waals surface area contributed by atoms with Crippen molar-refractivity contribution in [1.82, 2.24) is 0 Å². The smallest absolute Gasteiger partial charge is 0.416 e. The molecule has 2 aromatic rings. The lowest BCUT2D eigenvalue weighted by atomic mass is 10.0. The topological polar surface area (TPSA) is 70.7 Å². The van der Waals surface area contributed by atoms with E-state index in [1.54, 1.807) is 0 Å². The molecule has 0 saturated carbocycles. The molecular weight excluding hydrogens is 277 g/mol. The third-order valence-electron chi connectivity index (χ3n) is 2.73. The van der Waals surface area contributed by atoms with Crippen LogP contribution in [0.2, 0.25) is 0 Å². The van der Waals surface area contributed by atoms with Crippen LogP contribution in [-0.4, -0.2) is 16.2 Å². The Balaban J connectivity index is 2.32. The summed E-state index contributed by atoms with van der Waals surface area (Å²) in [6, 6.07) is 4.91. The van der Waals surface area contributed by atoms with Gasteiger partial charge in [-0.05, 0) is 23.8 Å². The summed E-state index contributed by atoms with van der Waals surface area (Å²) >= 11 is 0. The van der Waals surface area contributed by atoms with Gasteiger partial charge in [0.15, 0.2) is 5.76 Å². The Morgan fingerprint density at radius 2 is 1.75 bits per heavy atom. The second-order valence-electron chi connectivity index (χ2n) is 4.03. The average Bonchev–Trinajstić information content (AvgIpc) is 2.86. The highest BCUT2D eigenvalue weighted by Gasteiger charge is 2.30. The predicted molar refractivity (Wildman–Crippen MR) is 61.2 cm³/mol. The number of benzene rings is 1. The summed E-state index contributed by atoms with van der Waals surface area (Å²) in [5, 5.41) is 18.8. The quantitative estimate of drug-likeness (QED) is 0.909. The van der Waals surface area contributed by atoms with Crippen LogP contribution < -0.4 is 0 Å². The molecule has 0 aliphatic carbocycles. The number of aliphatic hydroxyl groups excluding tert-OH is 1. The molecule has 20 heavy (non-hydrogen) atoms. The summed E-state index contributed by atoms with van der Waals surface area (Å²) < 4.78 is 42.1. The summed E-state index contributed by atoms with van der Waals surface area (Å²) in [7, 11) is 0. The van der Waals surface area contributed by atoms with Gasteiger partial charge in [0, 0.05) is 0 Å². The minimum Gasteiger partial charge on any atom is -0.478 e. The largest absolute Gasteiger partial charge is 0.478 e. The number of furan rings is 1. The van der Waals surface area contributed by atoms with Gasteiger partial charge in [-0.25, -0.2) is 4.79 Å². The zero-order valence-electron chi connectivity index (χ0n) is 9.89. The molecule has 4 nitrogen and oxygen atoms in total. The molecule has 2 rings (SSSR count). The molecule has 1 aromatic heterocycles. The summed E-state index contributed by atoms with van der Waals surface area (Å²) in [5.74, 6) is -1.52. The Bertz CT molecular complexity index is 613. The van der Waals surface area contributed by atoms with E-state index in [1.165, 1.54) is 0 Å². The number of halogens is 3. The number of aliphatic hydroxyl groups is 1. The number of hydrogen-bond acceptors (Lipinski definition) is 3. The highest BCUT2D eigenvalue weighted by Crippen LogP contribution is 2.31. The minimum atomic E-state index is -4.47. The van der Waals surface area contributed by atoms with E-state index >= 15 is 0 Å². The zero-order valence-corrected chi connectivity index (χ0v) is 9.89. The van der Waals surface area contributed by atoms with Crippen LogP contribution in [0.4, 0.5) is 13.2 Å². The first-order valence-electron chi connectivity index (χ1n) is 5.46. The van der Waals surface area contributed by atoms with Crippen LogP contribution >= 0.6 is 0 Å². The molecule has 1 heterocycles. The molecular formula is C13H9F3O4. The highest BCUT2D eigenvalue weighted by atomic mass is 19.4. The van der Waals surface area contributed by atoms with Crippen molar-refractivity contribution in [1.29, 1.82) is 0 Å². The van der Waals surface area contributed by atoms with Crippen molar-refractivity contribution < 1.29 is 32.6 Å². The van der Waals surface area contributed by atoms with Gasteiger partial charge in [0.05, 0.1) is 11.8 Å². The maximum absolute atomic E-state index is 12.4. The van der Waals surface area contributed by atoms with Gasteiger partial charge in [0.1, 0.15) is 11.7 Å². The number of aromatic carboxylic acids is 1. The van der Waals surface area contributed by atoms with Crippen LogP contribution in [0.25, 0.3) is 0 Å². The van der Waals surface area contributed by atoms with Crippen LogP contribution in [0.15, 0.2) is 41.0 Å². The number of hydrogen-bond donors (Lipinski definition) is 2. The molecule has 0 radical (unpaired) electrons. The van der Waals surface area contributed by atoms with E-state index in [4.69, 9.17) is 9.52 Å². The average molecular weight is 286 g/mol. The molecule has 7 heteroatoms. The van der Waals surface area contributed by atoms with E-state index in [0.717, 1.165) is 36.6 Å². The molecule has 0 spiro atoms. The van der Waals surface area contributed by atoms with Gasteiger partial charge >= 0.3 is 12.1 Å². The van der Waals surface area contributed by atoms with E-state index in [2.05, 4.69) is 0 Å². The lowest BCUT2D eigenvalue weighted by Crippen LogP contribution is -2.07. The summed E-state index contributed by atoms with van der Waals surface area (Å²) in [5.41, 5.74) is -0.987. The van der Waals surface area contributed by atoms with Crippen molar-refractivity contribution in [3.05, 3.63) is 59.0 Å². The second kappa shape index (κ2) is 5.01. The summed E-state index contributed by atoms with van der Waals surface area (Å²) in [6.07, 6.45) is -4.83. The standard InChI is InChI=1S/C13H9F3O4/c14-13(15,16)8-3-1-7(2-4-8)10(17)11-9(12(18)19)5-6-20-11/h1-6,10,17H,(H,18,19). The fourth-order valence-electron chi connectivity index (χ4n) is 1.72. The van der Waals surface area contributed by atoms with Crippen molar-refractivity contribution in [3.8, 4) is 0 Å². The maximum atomic E-state index is 12.4. The molecule has 1 unspecified atom stereocenters. The molecule has 0 aliphatic heterocycles. The van der Waals surface area contributed by atoms with Crippen LogP contribution in [-0.2, 0) is 6.18 Å². The first-order chi connectivity index (χ1) is 9.30. The van der Waals surface area contributed by atoms with Gasteiger partial charge in [-0.3, -0.25) is 0 Å². The molecule has 1 atom stereocenters. The zero-order chi connectivity index (χ0) is 14.9. The lowest BCUT2D eigenvalue weighted by Gasteiger charge is -2.11. The molecule has 0 fully saturated rings. The fraction of sp³-hybridized carbons (Fsp3) is 0.154. The van der Waals surface area contributed by atoms with Crippen molar-refractivity contribution in [2.24, 2.45) is 0 Å². The first kappa shape index (κ1) is 14.1. The Morgan fingerprint density at radius 1 is 1.15 bits per heavy atom. The van der Waals surface area contributed by atoms with Gasteiger partial charge in [0.2, 0.25) is 0 Å². The van der Waals surface area contributed by atoms with Gasteiger partial charge in [-0.1, -0.05) is 12.1 Å². The van der Waals surface area contributed by atoms with Crippen molar-refractivity contribution in [2.75, 3.05) is 0 Å². The summed E-state index contributed by atoms with van der Waals surface area (Å²) in [6.45, 7) is 0. The number of carboxylic acid groups (broad SMARTS) is 1. The van der Waals surface area contributed by atoms with E-state index in [0.29, 0.717) is 0 Å². The monoisotopic (exact) mass is 286 g/mol. The normalized spacial score (nSPS) is 13.2. The molecule has 2 N–H and O–H groups in total. The van der Waals surface area contributed by atoms with Crippen LogP contribution in [0.5, 0.6) is 0 Å². The van der Waals surface area contributed by atoms with Gasteiger partial charge in [-0.2, -0.15) is 13.2 Å². The SMILES string of the molecule is O=C(O)c1ccoc1C(O)c1ccc(C(F)(F)F)cc1. The minimum absolute atomic E-state index is 0.107. The van der Waals surface area contributed by atoms with E-state index < -0.39 is 23.8 Å². The highest BCUT2D eigenvalue weighted by molar-refractivity contribution is 5.88. The number of carboxylic acids is 1. The molecule has 106 valence electrons. The molecule has 0 bridgehead atoms. The second-order valence-corrected chi connectivity index (χ2v) is 4.03. The van der Waals surface area contributed by atoms with Crippen LogP contribution in [0.3, 0.4) is 0 Å². The van der Waals surface area contributed by atoms with Crippen molar-refractivity contribution in [3.63, 3.8) is 0 Å². The van der Waals surface area contributed by atoms with E-state index in [1.807, 2.05) is 0 Å². The van der Waals surface area contributed by atoms with E-state index in [9.17, 15) is 23.1 Å².